The molecule has 4 nitrogen and oxygen atoms in total. The van der Waals surface area contributed by atoms with E-state index in [1.54, 1.807) is 12.1 Å². The van der Waals surface area contributed by atoms with E-state index in [9.17, 15) is 8.42 Å². The van der Waals surface area contributed by atoms with Crippen molar-refractivity contribution in [3.8, 4) is 0 Å². The van der Waals surface area contributed by atoms with Crippen LogP contribution in [0.3, 0.4) is 0 Å². The van der Waals surface area contributed by atoms with E-state index in [-0.39, 0.29) is 0 Å². The predicted octanol–water partition coefficient (Wildman–Crippen LogP) is 1.19. The third-order valence-corrected chi connectivity index (χ3v) is 4.17. The molecule has 0 fully saturated rings. The second-order valence-electron chi connectivity index (χ2n) is 3.85. The second-order valence-corrected chi connectivity index (χ2v) is 5.59. The highest BCUT2D eigenvalue weighted by Crippen LogP contribution is 2.26. The fourth-order valence-corrected chi connectivity index (χ4v) is 3.21. The molecular weight excluding hydrogens is 224 g/mol. The van der Waals surface area contributed by atoms with Crippen molar-refractivity contribution in [3.63, 3.8) is 0 Å². The Kier molecular flexibility index (Phi) is 3.16. The van der Waals surface area contributed by atoms with Gasteiger partial charge in [0.05, 0.1) is 5.69 Å². The molecule has 1 aliphatic heterocycles. The third-order valence-electron chi connectivity index (χ3n) is 2.66. The minimum Gasteiger partial charge on any atom is -0.369 e. The first-order valence-electron chi connectivity index (χ1n) is 5.49. The topological polar surface area (TPSA) is 49.4 Å². The number of hydrogen-bond donors (Lipinski definition) is 1. The Balaban J connectivity index is 2.51. The van der Waals surface area contributed by atoms with Crippen molar-refractivity contribution in [2.75, 3.05) is 24.5 Å². The van der Waals surface area contributed by atoms with Crippen LogP contribution in [0.15, 0.2) is 29.2 Å². The SMILES string of the molecule is CCCN1CCNS(=O)(=O)c2ccccc21. The lowest BCUT2D eigenvalue weighted by molar-refractivity contribution is 0.585. The fraction of sp³-hybridized carbons (Fsp3) is 0.455. The standard InChI is InChI=1S/C11H16N2O2S/c1-2-8-13-9-7-12-16(14,15)11-6-4-3-5-10(11)13/h3-6,12H,2,7-9H2,1H3. The van der Waals surface area contributed by atoms with Gasteiger partial charge >= 0.3 is 0 Å². The molecule has 1 N–H and O–H groups in total. The number of hydrogen-bond acceptors (Lipinski definition) is 3. The predicted molar refractivity (Wildman–Crippen MR) is 64.1 cm³/mol. The molecular formula is C11H16N2O2S. The second kappa shape index (κ2) is 4.43. The highest BCUT2D eigenvalue weighted by atomic mass is 32.2. The highest BCUT2D eigenvalue weighted by molar-refractivity contribution is 7.89. The Morgan fingerprint density at radius 2 is 2.12 bits per heavy atom. The van der Waals surface area contributed by atoms with Gasteiger partial charge < -0.3 is 4.90 Å². The molecule has 2 rings (SSSR count). The first-order valence-corrected chi connectivity index (χ1v) is 6.97. The first kappa shape index (κ1) is 11.4. The summed E-state index contributed by atoms with van der Waals surface area (Å²) in [5, 5.41) is 0. The number of anilines is 1. The van der Waals surface area contributed by atoms with Crippen LogP contribution < -0.4 is 9.62 Å². The molecule has 0 amide bonds. The Morgan fingerprint density at radius 1 is 1.38 bits per heavy atom. The molecule has 0 aromatic heterocycles. The maximum absolute atomic E-state index is 11.9. The van der Waals surface area contributed by atoms with Gasteiger partial charge in [-0.25, -0.2) is 13.1 Å². The molecule has 0 saturated carbocycles. The number of nitrogens with one attached hydrogen (secondary N) is 1. The molecule has 1 heterocycles. The van der Waals surface area contributed by atoms with Crippen LogP contribution in [-0.2, 0) is 10.0 Å². The minimum atomic E-state index is -3.32. The van der Waals surface area contributed by atoms with Gasteiger partial charge in [0.1, 0.15) is 4.90 Å². The minimum absolute atomic E-state index is 0.390. The van der Waals surface area contributed by atoms with Crippen LogP contribution in [-0.4, -0.2) is 28.1 Å². The molecule has 0 spiro atoms. The van der Waals surface area contributed by atoms with Crippen molar-refractivity contribution >= 4 is 15.7 Å². The molecule has 0 bridgehead atoms. The zero-order valence-electron chi connectivity index (χ0n) is 9.31. The molecule has 0 saturated heterocycles. The quantitative estimate of drug-likeness (QED) is 0.845. The van der Waals surface area contributed by atoms with Gasteiger partial charge in [0.2, 0.25) is 10.0 Å². The van der Waals surface area contributed by atoms with Crippen LogP contribution in [0.5, 0.6) is 0 Å². The summed E-state index contributed by atoms with van der Waals surface area (Å²) in [4.78, 5) is 2.51. The molecule has 0 radical (unpaired) electrons. The number of benzene rings is 1. The van der Waals surface area contributed by atoms with Gasteiger partial charge in [0.15, 0.2) is 0 Å². The Hall–Kier alpha value is -1.07. The van der Waals surface area contributed by atoms with Crippen molar-refractivity contribution in [2.24, 2.45) is 0 Å². The van der Waals surface area contributed by atoms with E-state index in [1.165, 1.54) is 0 Å². The Labute approximate surface area is 96.3 Å². The van der Waals surface area contributed by atoms with Crippen molar-refractivity contribution < 1.29 is 8.42 Å². The van der Waals surface area contributed by atoms with Crippen molar-refractivity contribution in [1.82, 2.24) is 4.72 Å². The smallest absolute Gasteiger partial charge is 0.242 e. The van der Waals surface area contributed by atoms with Crippen LogP contribution in [0, 0.1) is 0 Å². The maximum atomic E-state index is 11.9. The van der Waals surface area contributed by atoms with Crippen LogP contribution in [0.4, 0.5) is 5.69 Å². The summed E-state index contributed by atoms with van der Waals surface area (Å²) in [7, 11) is -3.32. The lowest BCUT2D eigenvalue weighted by Gasteiger charge is -2.22. The first-order chi connectivity index (χ1) is 7.65. The maximum Gasteiger partial charge on any atom is 0.242 e. The summed E-state index contributed by atoms with van der Waals surface area (Å²) < 4.78 is 26.4. The van der Waals surface area contributed by atoms with Crippen LogP contribution in [0.1, 0.15) is 13.3 Å². The summed E-state index contributed by atoms with van der Waals surface area (Å²) >= 11 is 0. The van der Waals surface area contributed by atoms with E-state index in [4.69, 9.17) is 0 Å². The van der Waals surface area contributed by atoms with Crippen molar-refractivity contribution in [1.29, 1.82) is 0 Å². The molecule has 88 valence electrons. The largest absolute Gasteiger partial charge is 0.369 e. The van der Waals surface area contributed by atoms with E-state index >= 15 is 0 Å². The Morgan fingerprint density at radius 3 is 2.88 bits per heavy atom. The monoisotopic (exact) mass is 240 g/mol. The van der Waals surface area contributed by atoms with Gasteiger partial charge in [-0.3, -0.25) is 0 Å². The summed E-state index contributed by atoms with van der Waals surface area (Å²) in [5.74, 6) is 0. The molecule has 1 aromatic carbocycles. The normalized spacial score (nSPS) is 18.9. The fourth-order valence-electron chi connectivity index (χ4n) is 1.96. The molecule has 5 heteroatoms. The highest BCUT2D eigenvalue weighted by Gasteiger charge is 2.24. The summed E-state index contributed by atoms with van der Waals surface area (Å²) in [6.07, 6.45) is 1.01. The number of sulfonamides is 1. The number of fused-ring (bicyclic) bond motifs is 1. The lowest BCUT2D eigenvalue weighted by atomic mass is 10.2. The molecule has 1 aliphatic rings. The van der Waals surface area contributed by atoms with Gasteiger partial charge in [-0.2, -0.15) is 0 Å². The number of rotatable bonds is 2. The van der Waals surface area contributed by atoms with Gasteiger partial charge in [-0.05, 0) is 18.6 Å². The van der Waals surface area contributed by atoms with Gasteiger partial charge in [0, 0.05) is 19.6 Å². The number of nitrogens with zero attached hydrogens (tertiary/aromatic N) is 1. The van der Waals surface area contributed by atoms with Crippen molar-refractivity contribution in [2.45, 2.75) is 18.2 Å². The summed E-state index contributed by atoms with van der Waals surface area (Å²) in [6, 6.07) is 7.16. The Bertz CT molecular complexity index is 471. The summed E-state index contributed by atoms with van der Waals surface area (Å²) in [6.45, 7) is 4.17. The average molecular weight is 240 g/mol. The number of para-hydroxylation sites is 1. The molecule has 16 heavy (non-hydrogen) atoms. The van der Waals surface area contributed by atoms with Crippen LogP contribution >= 0.6 is 0 Å². The zero-order valence-corrected chi connectivity index (χ0v) is 10.1. The van der Waals surface area contributed by atoms with E-state index in [0.717, 1.165) is 25.2 Å². The van der Waals surface area contributed by atoms with E-state index in [2.05, 4.69) is 16.5 Å². The van der Waals surface area contributed by atoms with Gasteiger partial charge in [-0.15, -0.1) is 0 Å². The molecule has 0 aliphatic carbocycles. The summed E-state index contributed by atoms with van der Waals surface area (Å²) in [5.41, 5.74) is 0.814. The third kappa shape index (κ3) is 2.05. The average Bonchev–Trinajstić information content (AvgIpc) is 2.39. The van der Waals surface area contributed by atoms with Crippen LogP contribution in [0.2, 0.25) is 0 Å². The van der Waals surface area contributed by atoms with Gasteiger partial charge in [-0.1, -0.05) is 19.1 Å². The van der Waals surface area contributed by atoms with E-state index in [0.29, 0.717) is 11.4 Å². The molecule has 1 aromatic rings. The van der Waals surface area contributed by atoms with Gasteiger partial charge in [0.25, 0.3) is 0 Å². The van der Waals surface area contributed by atoms with Crippen LogP contribution in [0.25, 0.3) is 0 Å². The zero-order chi connectivity index (χ0) is 11.6. The van der Waals surface area contributed by atoms with E-state index < -0.39 is 10.0 Å². The van der Waals surface area contributed by atoms with E-state index in [1.807, 2.05) is 12.1 Å². The molecule has 0 unspecified atom stereocenters. The molecule has 0 atom stereocenters. The van der Waals surface area contributed by atoms with Crippen molar-refractivity contribution in [3.05, 3.63) is 24.3 Å². The lowest BCUT2D eigenvalue weighted by Crippen LogP contribution is -2.30.